The van der Waals surface area contributed by atoms with Crippen LogP contribution in [-0.2, 0) is 6.18 Å². The average molecular weight is 616 g/mol. The number of nitrogens with zero attached hydrogens (tertiary/aromatic N) is 3. The Hall–Kier alpha value is -2.87. The number of alkyl halides is 5. The van der Waals surface area contributed by atoms with Crippen LogP contribution in [0.15, 0.2) is 12.3 Å². The fraction of sp³-hybridized carbons (Fsp3) is 0.643. The number of piperidine rings is 1. The summed E-state index contributed by atoms with van der Waals surface area (Å²) in [6.07, 6.45) is -2.56. The van der Waals surface area contributed by atoms with Crippen molar-refractivity contribution in [1.82, 2.24) is 20.2 Å². The van der Waals surface area contributed by atoms with Crippen molar-refractivity contribution in [3.8, 4) is 10.4 Å². The van der Waals surface area contributed by atoms with E-state index < -0.39 is 46.6 Å². The SMILES string of the molecule is CC(C)(O)CNC(=O)c1nc(C(=O)N2CCC(F)CC2)c(-c2cnc(NC3CC4(C3)CC(C)(F)C4)cc2C(F)(F)F)s1. The molecule has 2 amide bonds. The highest BCUT2D eigenvalue weighted by molar-refractivity contribution is 7.17. The fourth-order valence-corrected chi connectivity index (χ4v) is 7.36. The molecule has 42 heavy (non-hydrogen) atoms. The Morgan fingerprint density at radius 1 is 1.19 bits per heavy atom. The first-order valence-electron chi connectivity index (χ1n) is 13.9. The highest BCUT2D eigenvalue weighted by atomic mass is 32.1. The maximum atomic E-state index is 14.4. The lowest BCUT2D eigenvalue weighted by atomic mass is 9.49. The van der Waals surface area contributed by atoms with E-state index in [2.05, 4.69) is 20.6 Å². The summed E-state index contributed by atoms with van der Waals surface area (Å²) in [4.78, 5) is 35.8. The number of aliphatic hydroxyl groups is 1. The van der Waals surface area contributed by atoms with Crippen molar-refractivity contribution in [2.45, 2.75) is 89.0 Å². The van der Waals surface area contributed by atoms with Gasteiger partial charge in [0.05, 0.1) is 16.0 Å². The van der Waals surface area contributed by atoms with E-state index >= 15 is 0 Å². The molecule has 0 bridgehead atoms. The summed E-state index contributed by atoms with van der Waals surface area (Å²) in [5.41, 5.74) is -4.37. The normalized spacial score (nSPS) is 26.5. The zero-order valence-corrected chi connectivity index (χ0v) is 24.4. The van der Waals surface area contributed by atoms with E-state index in [1.54, 1.807) is 6.92 Å². The van der Waals surface area contributed by atoms with Crippen LogP contribution in [0.2, 0.25) is 0 Å². The van der Waals surface area contributed by atoms with E-state index in [9.17, 15) is 36.6 Å². The number of hydrogen-bond acceptors (Lipinski definition) is 7. The summed E-state index contributed by atoms with van der Waals surface area (Å²) in [5.74, 6) is -1.46. The third kappa shape index (κ3) is 6.53. The Balaban J connectivity index is 1.45. The van der Waals surface area contributed by atoms with E-state index in [-0.39, 0.29) is 65.3 Å². The molecule has 2 aromatic heterocycles. The topological polar surface area (TPSA) is 107 Å². The maximum Gasteiger partial charge on any atom is 0.417 e. The molecule has 0 unspecified atom stereocenters. The van der Waals surface area contributed by atoms with E-state index in [1.807, 2.05) is 0 Å². The molecule has 14 heteroatoms. The van der Waals surface area contributed by atoms with Crippen molar-refractivity contribution < 1.29 is 36.6 Å². The molecule has 0 aromatic carbocycles. The van der Waals surface area contributed by atoms with Crippen molar-refractivity contribution in [3.63, 3.8) is 0 Å². The average Bonchev–Trinajstić information content (AvgIpc) is 3.29. The Morgan fingerprint density at radius 3 is 2.40 bits per heavy atom. The highest BCUT2D eigenvalue weighted by Gasteiger charge is 2.58. The fourth-order valence-electron chi connectivity index (χ4n) is 6.37. The minimum Gasteiger partial charge on any atom is -0.389 e. The summed E-state index contributed by atoms with van der Waals surface area (Å²) < 4.78 is 70.9. The Labute approximate surface area is 244 Å². The number of anilines is 1. The molecule has 1 saturated heterocycles. The van der Waals surface area contributed by atoms with Gasteiger partial charge in [-0.15, -0.1) is 11.3 Å². The van der Waals surface area contributed by atoms with Gasteiger partial charge in [-0.25, -0.2) is 18.7 Å². The van der Waals surface area contributed by atoms with Crippen molar-refractivity contribution in [3.05, 3.63) is 28.5 Å². The monoisotopic (exact) mass is 615 g/mol. The van der Waals surface area contributed by atoms with Crippen LogP contribution in [0.4, 0.5) is 27.8 Å². The largest absolute Gasteiger partial charge is 0.417 e. The lowest BCUT2D eigenvalue weighted by Crippen LogP contribution is -2.57. The molecule has 3 fully saturated rings. The molecule has 2 saturated carbocycles. The summed E-state index contributed by atoms with van der Waals surface area (Å²) in [6, 6.07) is 0.738. The Kier molecular flexibility index (Phi) is 7.78. The van der Waals surface area contributed by atoms with Gasteiger partial charge in [0.25, 0.3) is 11.8 Å². The van der Waals surface area contributed by atoms with Gasteiger partial charge in [-0.1, -0.05) is 0 Å². The molecule has 8 nitrogen and oxygen atoms in total. The minimum atomic E-state index is -4.83. The number of carbonyl (C=O) groups excluding carboxylic acids is 2. The number of hydrogen-bond donors (Lipinski definition) is 3. The van der Waals surface area contributed by atoms with Gasteiger partial charge in [-0.2, -0.15) is 13.2 Å². The van der Waals surface area contributed by atoms with Gasteiger partial charge >= 0.3 is 6.18 Å². The van der Waals surface area contributed by atoms with Crippen LogP contribution >= 0.6 is 11.3 Å². The lowest BCUT2D eigenvalue weighted by molar-refractivity contribution is -0.137. The number of halogens is 5. The van der Waals surface area contributed by atoms with Crippen LogP contribution in [0.5, 0.6) is 0 Å². The van der Waals surface area contributed by atoms with Crippen molar-refractivity contribution >= 4 is 29.0 Å². The number of nitrogens with one attached hydrogen (secondary N) is 2. The predicted molar refractivity (Wildman–Crippen MR) is 147 cm³/mol. The molecule has 1 aliphatic heterocycles. The molecular formula is C28H34F5N5O3S. The molecule has 3 heterocycles. The molecule has 1 spiro atoms. The predicted octanol–water partition coefficient (Wildman–Crippen LogP) is 5.38. The van der Waals surface area contributed by atoms with Crippen LogP contribution in [0.25, 0.3) is 10.4 Å². The Morgan fingerprint density at radius 2 is 1.83 bits per heavy atom. The standard InChI is InChI=1S/C28H34F5N5O3S/c1-25(2,41)14-35-22(39)23-37-20(24(40)38-6-4-15(29)5-7-38)21(42-23)17-11-34-19(8-18(17)28(31,32)33)36-16-9-27(10-16)12-26(3,30)13-27/h8,11,15-16,41H,4-7,9-10,12-14H2,1-3H3,(H,34,36)(H,35,39). The first-order valence-corrected chi connectivity index (χ1v) is 14.7. The van der Waals surface area contributed by atoms with Crippen LogP contribution in [0.1, 0.15) is 85.2 Å². The zero-order valence-electron chi connectivity index (χ0n) is 23.6. The highest BCUT2D eigenvalue weighted by Crippen LogP contribution is 2.62. The van der Waals surface area contributed by atoms with Crippen molar-refractivity contribution in [1.29, 1.82) is 0 Å². The summed E-state index contributed by atoms with van der Waals surface area (Å²) in [7, 11) is 0. The number of likely N-dealkylation sites (tertiary alicyclic amines) is 1. The second kappa shape index (κ2) is 10.7. The second-order valence-corrected chi connectivity index (χ2v) is 13.8. The summed E-state index contributed by atoms with van der Waals surface area (Å²) >= 11 is 0.618. The van der Waals surface area contributed by atoms with Gasteiger partial charge < -0.3 is 20.6 Å². The Bertz CT molecular complexity index is 1350. The van der Waals surface area contributed by atoms with Crippen LogP contribution in [0.3, 0.4) is 0 Å². The van der Waals surface area contributed by atoms with Gasteiger partial charge in [0.2, 0.25) is 0 Å². The number of rotatable bonds is 7. The van der Waals surface area contributed by atoms with Crippen molar-refractivity contribution in [2.24, 2.45) is 5.41 Å². The minimum absolute atomic E-state index is 0.00110. The van der Waals surface area contributed by atoms with E-state index in [0.29, 0.717) is 37.0 Å². The third-order valence-electron chi connectivity index (χ3n) is 8.07. The van der Waals surface area contributed by atoms with Crippen LogP contribution in [0, 0.1) is 5.41 Å². The molecule has 5 rings (SSSR count). The number of thiazole rings is 1. The van der Waals surface area contributed by atoms with Gasteiger partial charge in [-0.05, 0) is 70.8 Å². The van der Waals surface area contributed by atoms with Crippen molar-refractivity contribution in [2.75, 3.05) is 25.0 Å². The first-order chi connectivity index (χ1) is 19.4. The van der Waals surface area contributed by atoms with Crippen LogP contribution < -0.4 is 10.6 Å². The second-order valence-electron chi connectivity index (χ2n) is 12.8. The molecule has 0 atom stereocenters. The maximum absolute atomic E-state index is 14.4. The summed E-state index contributed by atoms with van der Waals surface area (Å²) in [5, 5.41) is 15.2. The van der Waals surface area contributed by atoms with E-state index in [0.717, 1.165) is 12.3 Å². The smallest absolute Gasteiger partial charge is 0.389 e. The molecule has 230 valence electrons. The van der Waals surface area contributed by atoms with E-state index in [4.69, 9.17) is 0 Å². The third-order valence-corrected chi connectivity index (χ3v) is 9.16. The van der Waals surface area contributed by atoms with E-state index in [1.165, 1.54) is 18.7 Å². The molecule has 2 aromatic rings. The molecule has 2 aliphatic carbocycles. The quantitative estimate of drug-likeness (QED) is 0.361. The zero-order chi connectivity index (χ0) is 30.7. The number of aromatic nitrogens is 2. The van der Waals surface area contributed by atoms with Gasteiger partial charge in [0.15, 0.2) is 5.01 Å². The molecule has 3 aliphatic rings. The molecular weight excluding hydrogens is 581 g/mol. The molecule has 3 N–H and O–H groups in total. The number of carbonyl (C=O) groups is 2. The lowest BCUT2D eigenvalue weighted by Gasteiger charge is -2.59. The van der Waals surface area contributed by atoms with Gasteiger partial charge in [0.1, 0.15) is 23.4 Å². The van der Waals surface area contributed by atoms with Crippen LogP contribution in [-0.4, -0.2) is 74.9 Å². The number of pyridine rings is 1. The van der Waals surface area contributed by atoms with Gasteiger partial charge in [0, 0.05) is 37.4 Å². The molecule has 0 radical (unpaired) electrons. The number of amides is 2. The van der Waals surface area contributed by atoms with Gasteiger partial charge in [-0.3, -0.25) is 9.59 Å². The first kappa shape index (κ1) is 30.6. The summed E-state index contributed by atoms with van der Waals surface area (Å²) in [6.45, 7) is 4.46.